The van der Waals surface area contributed by atoms with Crippen molar-refractivity contribution >= 4 is 39.5 Å². The molecule has 0 rings (SSSR count). The van der Waals surface area contributed by atoms with Crippen molar-refractivity contribution < 1.29 is 80.2 Å². The average molecular weight is 1340 g/mol. The van der Waals surface area contributed by atoms with Gasteiger partial charge in [0.15, 0.2) is 12.2 Å². The minimum Gasteiger partial charge on any atom is -0.462 e. The number of rotatable bonds is 70. The molecule has 3 N–H and O–H groups in total. The van der Waals surface area contributed by atoms with Gasteiger partial charge in [-0.05, 0) is 43.4 Å². The first kappa shape index (κ1) is 89.1. The SMILES string of the molecule is CCCCCCCCCCCC(=O)OC[C@H](COP(=O)(O)OC[C@H](O)COP(=O)(O)OC[C@@H](COC(=O)CCCCCCCCCCCCCCC(C)C)OC(=O)CCCCCCCCCCCCCCC(C)C)OC(=O)CCCCCCCCCCCC(C)C. The van der Waals surface area contributed by atoms with Crippen molar-refractivity contribution in [2.75, 3.05) is 39.6 Å². The molecule has 0 amide bonds. The van der Waals surface area contributed by atoms with Crippen molar-refractivity contribution in [3.8, 4) is 0 Å². The van der Waals surface area contributed by atoms with Gasteiger partial charge in [-0.1, -0.05) is 312 Å². The number of carbonyl (C=O) groups excluding carboxylic acids is 4. The lowest BCUT2D eigenvalue weighted by atomic mass is 10.0. The van der Waals surface area contributed by atoms with Crippen LogP contribution < -0.4 is 0 Å². The van der Waals surface area contributed by atoms with Gasteiger partial charge in [0.2, 0.25) is 0 Å². The van der Waals surface area contributed by atoms with Crippen LogP contribution in [0.4, 0.5) is 0 Å². The molecule has 0 aromatic carbocycles. The van der Waals surface area contributed by atoms with Crippen LogP contribution in [0.1, 0.15) is 363 Å². The van der Waals surface area contributed by atoms with Gasteiger partial charge in [0.05, 0.1) is 26.4 Å². The minimum absolute atomic E-state index is 0.105. The molecule has 0 saturated heterocycles. The summed E-state index contributed by atoms with van der Waals surface area (Å²) in [6.07, 6.45) is 47.1. The number of esters is 4. The Bertz CT molecular complexity index is 1780. The van der Waals surface area contributed by atoms with Gasteiger partial charge in [-0.3, -0.25) is 37.3 Å². The van der Waals surface area contributed by atoms with E-state index in [-0.39, 0.29) is 25.7 Å². The van der Waals surface area contributed by atoms with Crippen LogP contribution in [0.3, 0.4) is 0 Å². The third-order valence-electron chi connectivity index (χ3n) is 16.6. The van der Waals surface area contributed by atoms with Gasteiger partial charge in [-0.2, -0.15) is 0 Å². The zero-order chi connectivity index (χ0) is 67.3. The molecule has 5 atom stereocenters. The summed E-state index contributed by atoms with van der Waals surface area (Å²) >= 11 is 0. The van der Waals surface area contributed by atoms with E-state index in [2.05, 4.69) is 48.5 Å². The molecule has 0 aliphatic rings. The van der Waals surface area contributed by atoms with Gasteiger partial charge in [0.25, 0.3) is 0 Å². The van der Waals surface area contributed by atoms with E-state index in [0.717, 1.165) is 108 Å². The number of phosphoric ester groups is 2. The molecule has 91 heavy (non-hydrogen) atoms. The Labute approximate surface area is 556 Å². The Morgan fingerprint density at radius 1 is 0.297 bits per heavy atom. The van der Waals surface area contributed by atoms with Crippen LogP contribution in [0.5, 0.6) is 0 Å². The second kappa shape index (κ2) is 62.8. The van der Waals surface area contributed by atoms with E-state index < -0.39 is 97.5 Å². The molecular weight excluding hydrogens is 1200 g/mol. The Kier molecular flexibility index (Phi) is 61.5. The first-order valence-corrected chi connectivity index (χ1v) is 40.3. The fourth-order valence-corrected chi connectivity index (χ4v) is 12.5. The first-order valence-electron chi connectivity index (χ1n) is 37.3. The Morgan fingerprint density at radius 2 is 0.505 bits per heavy atom. The molecule has 19 heteroatoms. The molecule has 0 heterocycles. The van der Waals surface area contributed by atoms with Crippen LogP contribution in [-0.2, 0) is 65.4 Å². The van der Waals surface area contributed by atoms with Crippen LogP contribution in [-0.4, -0.2) is 96.7 Å². The number of phosphoric acid groups is 2. The summed E-state index contributed by atoms with van der Waals surface area (Å²) in [6.45, 7) is 11.9. The summed E-state index contributed by atoms with van der Waals surface area (Å²) in [7, 11) is -9.90. The molecule has 0 radical (unpaired) electrons. The Morgan fingerprint density at radius 3 is 0.747 bits per heavy atom. The van der Waals surface area contributed by atoms with Gasteiger partial charge in [0, 0.05) is 25.7 Å². The van der Waals surface area contributed by atoms with E-state index in [1.54, 1.807) is 0 Å². The van der Waals surface area contributed by atoms with Crippen molar-refractivity contribution in [2.24, 2.45) is 17.8 Å². The lowest BCUT2D eigenvalue weighted by Gasteiger charge is -2.21. The highest BCUT2D eigenvalue weighted by Crippen LogP contribution is 2.45. The van der Waals surface area contributed by atoms with Gasteiger partial charge in [-0.15, -0.1) is 0 Å². The van der Waals surface area contributed by atoms with Crippen LogP contribution >= 0.6 is 15.6 Å². The van der Waals surface area contributed by atoms with Gasteiger partial charge < -0.3 is 33.8 Å². The summed E-state index contributed by atoms with van der Waals surface area (Å²) in [6, 6.07) is 0. The van der Waals surface area contributed by atoms with E-state index in [4.69, 9.17) is 37.0 Å². The normalized spacial score (nSPS) is 14.2. The van der Waals surface area contributed by atoms with Crippen molar-refractivity contribution in [3.63, 3.8) is 0 Å². The van der Waals surface area contributed by atoms with Crippen LogP contribution in [0, 0.1) is 17.8 Å². The van der Waals surface area contributed by atoms with Gasteiger partial charge >= 0.3 is 39.5 Å². The fourth-order valence-electron chi connectivity index (χ4n) is 10.9. The number of hydrogen-bond donors (Lipinski definition) is 3. The van der Waals surface area contributed by atoms with Crippen molar-refractivity contribution in [2.45, 2.75) is 381 Å². The summed E-state index contributed by atoms with van der Waals surface area (Å²) in [5.41, 5.74) is 0. The lowest BCUT2D eigenvalue weighted by Crippen LogP contribution is -2.30. The number of aliphatic hydroxyl groups excluding tert-OH is 1. The van der Waals surface area contributed by atoms with Crippen molar-refractivity contribution in [3.05, 3.63) is 0 Å². The molecule has 17 nitrogen and oxygen atoms in total. The molecule has 0 saturated carbocycles. The quantitative estimate of drug-likeness (QED) is 0.0222. The third kappa shape index (κ3) is 66.5. The maximum Gasteiger partial charge on any atom is 0.472 e. The van der Waals surface area contributed by atoms with E-state index in [1.807, 2.05) is 0 Å². The highest BCUT2D eigenvalue weighted by Gasteiger charge is 2.30. The lowest BCUT2D eigenvalue weighted by molar-refractivity contribution is -0.161. The highest BCUT2D eigenvalue weighted by atomic mass is 31.2. The number of ether oxygens (including phenoxy) is 4. The summed E-state index contributed by atoms with van der Waals surface area (Å²) in [5, 5.41) is 10.6. The average Bonchev–Trinajstić information content (AvgIpc) is 3.36. The zero-order valence-electron chi connectivity index (χ0n) is 59.3. The van der Waals surface area contributed by atoms with E-state index >= 15 is 0 Å². The number of aliphatic hydroxyl groups is 1. The standard InChI is InChI=1S/C72H140O17P2/c1-8-9-10-11-12-22-32-39-46-53-69(74)82-59-67(89-72(77)56-49-42-35-28-21-25-31-38-45-52-65(6)7)61-86-90(78,79)84-57-66(73)58-85-91(80,81)87-62-68(88-71(76)55-48-41-34-27-20-16-14-18-24-30-37-44-51-64(4)5)60-83-70(75)54-47-40-33-26-19-15-13-17-23-29-36-43-50-63(2)3/h63-68,73H,8-62H2,1-7H3,(H,78,79)(H,80,81)/t66-,67+,68+/m0/s1. The first-order chi connectivity index (χ1) is 43.7. The second-order valence-corrected chi connectivity index (χ2v) is 30.3. The predicted molar refractivity (Wildman–Crippen MR) is 368 cm³/mol. The number of unbranched alkanes of at least 4 members (excludes halogenated alkanes) is 38. The van der Waals surface area contributed by atoms with Crippen LogP contribution in [0.15, 0.2) is 0 Å². The van der Waals surface area contributed by atoms with E-state index in [1.165, 1.54) is 173 Å². The maximum atomic E-state index is 13.0. The molecule has 540 valence electrons. The van der Waals surface area contributed by atoms with Crippen LogP contribution in [0.2, 0.25) is 0 Å². The van der Waals surface area contributed by atoms with Gasteiger partial charge in [0.1, 0.15) is 19.3 Å². The summed E-state index contributed by atoms with van der Waals surface area (Å²) < 4.78 is 68.3. The monoisotopic (exact) mass is 1340 g/mol. The molecule has 0 aromatic rings. The maximum absolute atomic E-state index is 13.0. The van der Waals surface area contributed by atoms with Crippen molar-refractivity contribution in [1.82, 2.24) is 0 Å². The van der Waals surface area contributed by atoms with E-state index in [9.17, 15) is 43.2 Å². The molecule has 0 fully saturated rings. The molecular formula is C72H140O17P2. The third-order valence-corrected chi connectivity index (χ3v) is 18.5. The molecule has 0 aliphatic heterocycles. The Hall–Kier alpha value is -1.94. The molecule has 2 unspecified atom stereocenters. The van der Waals surface area contributed by atoms with E-state index in [0.29, 0.717) is 25.7 Å². The summed E-state index contributed by atoms with van der Waals surface area (Å²) in [4.78, 5) is 72.6. The second-order valence-electron chi connectivity index (χ2n) is 27.4. The van der Waals surface area contributed by atoms with Gasteiger partial charge in [-0.25, -0.2) is 9.13 Å². The molecule has 0 bridgehead atoms. The Balaban J connectivity index is 5.24. The molecule has 0 aromatic heterocycles. The molecule has 0 aliphatic carbocycles. The smallest absolute Gasteiger partial charge is 0.462 e. The molecule has 0 spiro atoms. The highest BCUT2D eigenvalue weighted by molar-refractivity contribution is 7.47. The minimum atomic E-state index is -4.95. The topological polar surface area (TPSA) is 237 Å². The zero-order valence-corrected chi connectivity index (χ0v) is 61.1. The summed E-state index contributed by atoms with van der Waals surface area (Å²) in [5.74, 6) is 0.171. The van der Waals surface area contributed by atoms with Crippen molar-refractivity contribution in [1.29, 1.82) is 0 Å². The predicted octanol–water partition coefficient (Wildman–Crippen LogP) is 20.6. The fraction of sp³-hybridized carbons (Fsp3) is 0.944. The number of hydrogen-bond acceptors (Lipinski definition) is 15. The number of carbonyl (C=O) groups is 4. The largest absolute Gasteiger partial charge is 0.472 e. The van der Waals surface area contributed by atoms with Crippen LogP contribution in [0.25, 0.3) is 0 Å².